The van der Waals surface area contributed by atoms with Crippen LogP contribution in [0.2, 0.25) is 0 Å². The maximum Gasteiger partial charge on any atom is 0.306 e. The van der Waals surface area contributed by atoms with E-state index in [1.165, 1.54) is 161 Å². The smallest absolute Gasteiger partial charge is 0.306 e. The van der Waals surface area contributed by atoms with Gasteiger partial charge in [-0.1, -0.05) is 206 Å². The molecule has 0 saturated carbocycles. The van der Waals surface area contributed by atoms with E-state index in [1.807, 2.05) is 0 Å². The van der Waals surface area contributed by atoms with Crippen molar-refractivity contribution < 1.29 is 28.6 Å². The van der Waals surface area contributed by atoms with Crippen molar-refractivity contribution in [2.24, 2.45) is 0 Å². The van der Waals surface area contributed by atoms with Crippen LogP contribution in [-0.2, 0) is 28.6 Å². The first-order valence-electron chi connectivity index (χ1n) is 23.7. The molecular formula is C48H90O6. The Labute approximate surface area is 335 Å². The van der Waals surface area contributed by atoms with Crippen LogP contribution in [0.1, 0.15) is 258 Å². The zero-order chi connectivity index (χ0) is 39.4. The zero-order valence-corrected chi connectivity index (χ0v) is 36.3. The molecule has 0 aromatic rings. The van der Waals surface area contributed by atoms with Crippen LogP contribution in [0.5, 0.6) is 0 Å². The topological polar surface area (TPSA) is 78.9 Å². The monoisotopic (exact) mass is 763 g/mol. The van der Waals surface area contributed by atoms with Crippen LogP contribution in [0.4, 0.5) is 0 Å². The van der Waals surface area contributed by atoms with E-state index in [-0.39, 0.29) is 31.1 Å². The minimum Gasteiger partial charge on any atom is -0.462 e. The summed E-state index contributed by atoms with van der Waals surface area (Å²) in [6.07, 6.45) is 46.3. The van der Waals surface area contributed by atoms with Gasteiger partial charge in [-0.2, -0.15) is 0 Å². The van der Waals surface area contributed by atoms with Gasteiger partial charge in [-0.15, -0.1) is 0 Å². The molecule has 6 heteroatoms. The average molecular weight is 763 g/mol. The lowest BCUT2D eigenvalue weighted by atomic mass is 10.1. The standard InChI is InChI=1S/C48H90O6/c1-4-7-10-13-16-19-20-21-22-23-24-25-26-27-30-32-35-38-41-47(50)53-44-45(54-48(51)42-39-36-33-29-18-15-12-9-6-3)43-52-46(49)40-37-34-31-28-17-14-11-8-5-2/h22-23,45H,4-21,24-44H2,1-3H3/b23-22-. The second-order valence-corrected chi connectivity index (χ2v) is 16.0. The molecule has 6 nitrogen and oxygen atoms in total. The Hall–Kier alpha value is -1.85. The van der Waals surface area contributed by atoms with E-state index in [2.05, 4.69) is 32.9 Å². The minimum atomic E-state index is -0.762. The first-order chi connectivity index (χ1) is 26.5. The molecule has 1 unspecified atom stereocenters. The van der Waals surface area contributed by atoms with Crippen molar-refractivity contribution in [3.8, 4) is 0 Å². The zero-order valence-electron chi connectivity index (χ0n) is 36.3. The van der Waals surface area contributed by atoms with E-state index in [9.17, 15) is 14.4 Å². The van der Waals surface area contributed by atoms with E-state index in [0.29, 0.717) is 19.3 Å². The molecule has 0 amide bonds. The number of carbonyl (C=O) groups excluding carboxylic acids is 3. The Kier molecular flexibility index (Phi) is 42.4. The molecule has 0 aliphatic rings. The third-order valence-corrected chi connectivity index (χ3v) is 10.5. The molecule has 0 bridgehead atoms. The molecule has 0 aliphatic heterocycles. The quantitative estimate of drug-likeness (QED) is 0.0266. The lowest BCUT2D eigenvalue weighted by molar-refractivity contribution is -0.167. The molecule has 54 heavy (non-hydrogen) atoms. The number of hydrogen-bond acceptors (Lipinski definition) is 6. The highest BCUT2D eigenvalue weighted by Gasteiger charge is 2.19. The van der Waals surface area contributed by atoms with Gasteiger partial charge in [0.25, 0.3) is 0 Å². The molecule has 0 aliphatic carbocycles. The second kappa shape index (κ2) is 43.9. The van der Waals surface area contributed by atoms with Crippen LogP contribution in [0, 0.1) is 0 Å². The average Bonchev–Trinajstić information content (AvgIpc) is 3.17. The van der Waals surface area contributed by atoms with Crippen molar-refractivity contribution in [2.45, 2.75) is 264 Å². The number of allylic oxidation sites excluding steroid dienone is 2. The van der Waals surface area contributed by atoms with Crippen molar-refractivity contribution in [1.29, 1.82) is 0 Å². The summed E-state index contributed by atoms with van der Waals surface area (Å²) in [5, 5.41) is 0. The fraction of sp³-hybridized carbons (Fsp3) is 0.896. The van der Waals surface area contributed by atoms with Crippen molar-refractivity contribution in [1.82, 2.24) is 0 Å². The summed E-state index contributed by atoms with van der Waals surface area (Å²) in [5.41, 5.74) is 0. The fourth-order valence-electron chi connectivity index (χ4n) is 6.91. The summed E-state index contributed by atoms with van der Waals surface area (Å²) >= 11 is 0. The van der Waals surface area contributed by atoms with Gasteiger partial charge in [0.15, 0.2) is 6.10 Å². The normalized spacial score (nSPS) is 12.0. The third kappa shape index (κ3) is 41.3. The van der Waals surface area contributed by atoms with Crippen LogP contribution in [0.3, 0.4) is 0 Å². The van der Waals surface area contributed by atoms with Gasteiger partial charge >= 0.3 is 17.9 Å². The van der Waals surface area contributed by atoms with Gasteiger partial charge in [0.2, 0.25) is 0 Å². The molecule has 0 saturated heterocycles. The highest BCUT2D eigenvalue weighted by Crippen LogP contribution is 2.15. The number of hydrogen-bond donors (Lipinski definition) is 0. The Morgan fingerprint density at radius 2 is 0.611 bits per heavy atom. The Balaban J connectivity index is 4.23. The molecule has 0 aromatic heterocycles. The number of esters is 3. The molecular weight excluding hydrogens is 673 g/mol. The van der Waals surface area contributed by atoms with Gasteiger partial charge < -0.3 is 14.2 Å². The molecule has 0 spiro atoms. The molecule has 0 heterocycles. The number of rotatable bonds is 43. The highest BCUT2D eigenvalue weighted by molar-refractivity contribution is 5.71. The van der Waals surface area contributed by atoms with E-state index >= 15 is 0 Å². The summed E-state index contributed by atoms with van der Waals surface area (Å²) in [6.45, 7) is 6.61. The SMILES string of the molecule is CCCCCCCCC/C=C\CCCCCCCCCC(=O)OCC(COC(=O)CCCCCCCCCCC)OC(=O)CCCCCCCCCCC. The van der Waals surface area contributed by atoms with Crippen LogP contribution in [0.25, 0.3) is 0 Å². The minimum absolute atomic E-state index is 0.0674. The molecule has 318 valence electrons. The van der Waals surface area contributed by atoms with Gasteiger partial charge in [-0.3, -0.25) is 14.4 Å². The molecule has 1 atom stereocenters. The van der Waals surface area contributed by atoms with Crippen molar-refractivity contribution in [3.05, 3.63) is 12.2 Å². The Morgan fingerprint density at radius 1 is 0.352 bits per heavy atom. The summed E-state index contributed by atoms with van der Waals surface area (Å²) in [7, 11) is 0. The Morgan fingerprint density at radius 3 is 0.926 bits per heavy atom. The van der Waals surface area contributed by atoms with Gasteiger partial charge in [-0.05, 0) is 44.9 Å². The Bertz CT molecular complexity index is 839. The molecule has 0 fully saturated rings. The lowest BCUT2D eigenvalue weighted by Gasteiger charge is -2.18. The van der Waals surface area contributed by atoms with Crippen molar-refractivity contribution in [2.75, 3.05) is 13.2 Å². The van der Waals surface area contributed by atoms with Gasteiger partial charge in [0, 0.05) is 19.3 Å². The largest absolute Gasteiger partial charge is 0.462 e. The van der Waals surface area contributed by atoms with E-state index in [0.717, 1.165) is 57.8 Å². The molecule has 0 aromatic carbocycles. The summed E-state index contributed by atoms with van der Waals surface area (Å²) < 4.78 is 16.7. The second-order valence-electron chi connectivity index (χ2n) is 16.0. The third-order valence-electron chi connectivity index (χ3n) is 10.5. The van der Waals surface area contributed by atoms with E-state index < -0.39 is 6.10 Å². The van der Waals surface area contributed by atoms with Crippen molar-refractivity contribution in [3.63, 3.8) is 0 Å². The maximum atomic E-state index is 12.7. The fourth-order valence-corrected chi connectivity index (χ4v) is 6.91. The number of ether oxygens (including phenoxy) is 3. The highest BCUT2D eigenvalue weighted by atomic mass is 16.6. The predicted molar refractivity (Wildman–Crippen MR) is 229 cm³/mol. The predicted octanol–water partition coefficient (Wildman–Crippen LogP) is 15.0. The number of unbranched alkanes of at least 4 members (excludes halogenated alkanes) is 30. The molecule has 0 radical (unpaired) electrons. The summed E-state index contributed by atoms with van der Waals surface area (Å²) in [5.74, 6) is -0.868. The van der Waals surface area contributed by atoms with Crippen LogP contribution >= 0.6 is 0 Å². The van der Waals surface area contributed by atoms with Gasteiger partial charge in [0.05, 0.1) is 0 Å². The van der Waals surface area contributed by atoms with Crippen LogP contribution in [-0.4, -0.2) is 37.2 Å². The maximum absolute atomic E-state index is 12.7. The van der Waals surface area contributed by atoms with Gasteiger partial charge in [0.1, 0.15) is 13.2 Å². The summed E-state index contributed by atoms with van der Waals surface area (Å²) in [4.78, 5) is 37.6. The molecule has 0 N–H and O–H groups in total. The number of carbonyl (C=O) groups is 3. The van der Waals surface area contributed by atoms with E-state index in [4.69, 9.17) is 14.2 Å². The lowest BCUT2D eigenvalue weighted by Crippen LogP contribution is -2.30. The summed E-state index contributed by atoms with van der Waals surface area (Å²) in [6, 6.07) is 0. The first kappa shape index (κ1) is 52.2. The van der Waals surface area contributed by atoms with Crippen LogP contribution < -0.4 is 0 Å². The first-order valence-corrected chi connectivity index (χ1v) is 23.7. The van der Waals surface area contributed by atoms with Gasteiger partial charge in [-0.25, -0.2) is 0 Å². The van der Waals surface area contributed by atoms with Crippen molar-refractivity contribution >= 4 is 17.9 Å². The molecule has 0 rings (SSSR count). The van der Waals surface area contributed by atoms with E-state index in [1.54, 1.807) is 0 Å². The van der Waals surface area contributed by atoms with Crippen LogP contribution in [0.15, 0.2) is 12.2 Å².